The van der Waals surface area contributed by atoms with Gasteiger partial charge in [-0.25, -0.2) is 0 Å². The molecular weight excluding hydrogens is 196 g/mol. The second-order valence-corrected chi connectivity index (χ2v) is 4.74. The van der Waals surface area contributed by atoms with E-state index < -0.39 is 0 Å². The summed E-state index contributed by atoms with van der Waals surface area (Å²) in [5.41, 5.74) is 2.68. The number of piperidine rings is 1. The van der Waals surface area contributed by atoms with Crippen LogP contribution in [0.1, 0.15) is 24.8 Å². The van der Waals surface area contributed by atoms with Crippen molar-refractivity contribution in [3.05, 3.63) is 36.0 Å². The van der Waals surface area contributed by atoms with Crippen LogP contribution in [0.25, 0.3) is 10.9 Å². The molecule has 1 saturated heterocycles. The maximum absolute atomic E-state index is 3.24. The van der Waals surface area contributed by atoms with Crippen molar-refractivity contribution in [2.45, 2.75) is 25.8 Å². The topological polar surface area (TPSA) is 19.0 Å². The first-order chi connectivity index (χ1) is 7.92. The lowest BCUT2D eigenvalue weighted by molar-refractivity contribution is 0.221. The van der Waals surface area contributed by atoms with Crippen LogP contribution in [0, 0.1) is 0 Å². The molecule has 0 spiro atoms. The second-order valence-electron chi connectivity index (χ2n) is 4.74. The number of aromatic amines is 1. The van der Waals surface area contributed by atoms with Gasteiger partial charge in [0.2, 0.25) is 0 Å². The molecule has 0 aliphatic carbocycles. The molecule has 2 nitrogen and oxygen atoms in total. The molecule has 2 heteroatoms. The lowest BCUT2D eigenvalue weighted by atomic mass is 10.1. The number of aromatic nitrogens is 1. The molecule has 1 aromatic carbocycles. The number of nitrogens with zero attached hydrogens (tertiary/aromatic N) is 1. The molecule has 84 valence electrons. The molecule has 0 unspecified atom stereocenters. The molecule has 1 aromatic heterocycles. The quantitative estimate of drug-likeness (QED) is 0.813. The lowest BCUT2D eigenvalue weighted by Crippen LogP contribution is -2.28. The minimum absolute atomic E-state index is 1.11. The highest BCUT2D eigenvalue weighted by molar-refractivity contribution is 5.79. The highest BCUT2D eigenvalue weighted by Gasteiger charge is 2.10. The largest absolute Gasteiger partial charge is 0.361 e. The van der Waals surface area contributed by atoms with Gasteiger partial charge in [0, 0.05) is 18.3 Å². The van der Waals surface area contributed by atoms with E-state index in [1.165, 1.54) is 48.8 Å². The van der Waals surface area contributed by atoms with Crippen molar-refractivity contribution < 1.29 is 0 Å². The van der Waals surface area contributed by atoms with Crippen LogP contribution in [0.2, 0.25) is 0 Å². The molecule has 0 atom stereocenters. The number of benzene rings is 1. The maximum atomic E-state index is 3.24. The van der Waals surface area contributed by atoms with E-state index in [4.69, 9.17) is 0 Å². The third kappa shape index (κ3) is 1.98. The average molecular weight is 214 g/mol. The van der Waals surface area contributed by atoms with Gasteiger partial charge < -0.3 is 4.98 Å². The summed E-state index contributed by atoms with van der Waals surface area (Å²) in [6.45, 7) is 3.65. The second kappa shape index (κ2) is 4.30. The van der Waals surface area contributed by atoms with Crippen molar-refractivity contribution in [3.63, 3.8) is 0 Å². The zero-order chi connectivity index (χ0) is 10.8. The molecule has 16 heavy (non-hydrogen) atoms. The standard InChI is InChI=1S/C14H18N2/c1-2-8-16(9-3-1)11-12-4-5-14-13(10-12)6-7-15-14/h4-7,10,15H,1-3,8-9,11H2. The van der Waals surface area contributed by atoms with Gasteiger partial charge in [-0.15, -0.1) is 0 Å². The summed E-state index contributed by atoms with van der Waals surface area (Å²) in [4.78, 5) is 5.80. The summed E-state index contributed by atoms with van der Waals surface area (Å²) >= 11 is 0. The highest BCUT2D eigenvalue weighted by atomic mass is 15.1. The Labute approximate surface area is 96.3 Å². The first kappa shape index (κ1) is 9.91. The minimum atomic E-state index is 1.11. The average Bonchev–Trinajstić information content (AvgIpc) is 2.77. The lowest BCUT2D eigenvalue weighted by Gasteiger charge is -2.26. The normalized spacial score (nSPS) is 18.0. The van der Waals surface area contributed by atoms with E-state index in [0.717, 1.165) is 6.54 Å². The molecular formula is C14H18N2. The highest BCUT2D eigenvalue weighted by Crippen LogP contribution is 2.17. The van der Waals surface area contributed by atoms with Crippen LogP contribution in [0.5, 0.6) is 0 Å². The first-order valence-electron chi connectivity index (χ1n) is 6.20. The Morgan fingerprint density at radius 1 is 1.06 bits per heavy atom. The van der Waals surface area contributed by atoms with Gasteiger partial charge in [0.15, 0.2) is 0 Å². The zero-order valence-electron chi connectivity index (χ0n) is 9.58. The van der Waals surface area contributed by atoms with Gasteiger partial charge in [-0.2, -0.15) is 0 Å². The van der Waals surface area contributed by atoms with Gasteiger partial charge in [-0.1, -0.05) is 12.5 Å². The summed E-state index contributed by atoms with van der Waals surface area (Å²) in [6.07, 6.45) is 6.15. The molecule has 0 saturated carbocycles. The Hall–Kier alpha value is -1.28. The van der Waals surface area contributed by atoms with E-state index in [9.17, 15) is 0 Å². The fourth-order valence-electron chi connectivity index (χ4n) is 2.58. The van der Waals surface area contributed by atoms with Gasteiger partial charge in [0.05, 0.1) is 0 Å². The van der Waals surface area contributed by atoms with Crippen molar-refractivity contribution in [1.82, 2.24) is 9.88 Å². The van der Waals surface area contributed by atoms with E-state index in [1.54, 1.807) is 0 Å². The fraction of sp³-hybridized carbons (Fsp3) is 0.429. The predicted octanol–water partition coefficient (Wildman–Crippen LogP) is 3.15. The van der Waals surface area contributed by atoms with E-state index in [0.29, 0.717) is 0 Å². The van der Waals surface area contributed by atoms with Crippen molar-refractivity contribution in [2.75, 3.05) is 13.1 Å². The van der Waals surface area contributed by atoms with E-state index in [-0.39, 0.29) is 0 Å². The van der Waals surface area contributed by atoms with Crippen molar-refractivity contribution in [3.8, 4) is 0 Å². The Morgan fingerprint density at radius 3 is 2.81 bits per heavy atom. The number of H-pyrrole nitrogens is 1. The van der Waals surface area contributed by atoms with Gasteiger partial charge in [0.1, 0.15) is 0 Å². The van der Waals surface area contributed by atoms with Crippen molar-refractivity contribution in [1.29, 1.82) is 0 Å². The Bertz CT molecular complexity index is 466. The van der Waals surface area contributed by atoms with E-state index in [2.05, 4.69) is 34.1 Å². The Morgan fingerprint density at radius 2 is 1.94 bits per heavy atom. The van der Waals surface area contributed by atoms with Gasteiger partial charge in [-0.3, -0.25) is 4.90 Å². The third-order valence-electron chi connectivity index (χ3n) is 3.47. The fourth-order valence-corrected chi connectivity index (χ4v) is 2.58. The Kier molecular flexibility index (Phi) is 2.66. The van der Waals surface area contributed by atoms with E-state index in [1.807, 2.05) is 6.20 Å². The number of hydrogen-bond donors (Lipinski definition) is 1. The third-order valence-corrected chi connectivity index (χ3v) is 3.47. The van der Waals surface area contributed by atoms with Crippen LogP contribution in [0.4, 0.5) is 0 Å². The summed E-state index contributed by atoms with van der Waals surface area (Å²) < 4.78 is 0. The molecule has 2 aromatic rings. The number of rotatable bonds is 2. The van der Waals surface area contributed by atoms with Crippen molar-refractivity contribution >= 4 is 10.9 Å². The van der Waals surface area contributed by atoms with Gasteiger partial charge >= 0.3 is 0 Å². The zero-order valence-corrected chi connectivity index (χ0v) is 9.58. The van der Waals surface area contributed by atoms with Crippen LogP contribution in [-0.2, 0) is 6.54 Å². The van der Waals surface area contributed by atoms with Crippen LogP contribution < -0.4 is 0 Å². The minimum Gasteiger partial charge on any atom is -0.361 e. The van der Waals surface area contributed by atoms with Gasteiger partial charge in [-0.05, 0) is 55.1 Å². The molecule has 0 amide bonds. The molecule has 1 fully saturated rings. The van der Waals surface area contributed by atoms with Gasteiger partial charge in [0.25, 0.3) is 0 Å². The molecule has 0 radical (unpaired) electrons. The maximum Gasteiger partial charge on any atom is 0.0454 e. The summed E-state index contributed by atoms with van der Waals surface area (Å²) in [7, 11) is 0. The molecule has 1 N–H and O–H groups in total. The van der Waals surface area contributed by atoms with Crippen LogP contribution in [-0.4, -0.2) is 23.0 Å². The van der Waals surface area contributed by atoms with Crippen LogP contribution in [0.3, 0.4) is 0 Å². The number of likely N-dealkylation sites (tertiary alicyclic amines) is 1. The SMILES string of the molecule is c1cc2cc(CN3CCCCC3)ccc2[nH]1. The monoisotopic (exact) mass is 214 g/mol. The number of nitrogens with one attached hydrogen (secondary N) is 1. The number of fused-ring (bicyclic) bond motifs is 1. The molecule has 2 heterocycles. The summed E-state index contributed by atoms with van der Waals surface area (Å²) in [6, 6.07) is 8.89. The van der Waals surface area contributed by atoms with Crippen LogP contribution in [0.15, 0.2) is 30.5 Å². The first-order valence-corrected chi connectivity index (χ1v) is 6.20. The molecule has 1 aliphatic rings. The number of hydrogen-bond acceptors (Lipinski definition) is 1. The molecule has 1 aliphatic heterocycles. The molecule has 3 rings (SSSR count). The van der Waals surface area contributed by atoms with E-state index >= 15 is 0 Å². The van der Waals surface area contributed by atoms with Crippen molar-refractivity contribution in [2.24, 2.45) is 0 Å². The molecule has 0 bridgehead atoms. The summed E-state index contributed by atoms with van der Waals surface area (Å²) in [5.74, 6) is 0. The summed E-state index contributed by atoms with van der Waals surface area (Å²) in [5, 5.41) is 1.33. The predicted molar refractivity (Wildman–Crippen MR) is 67.4 cm³/mol. The van der Waals surface area contributed by atoms with Crippen LogP contribution >= 0.6 is 0 Å². The Balaban J connectivity index is 1.77. The smallest absolute Gasteiger partial charge is 0.0454 e.